The highest BCUT2D eigenvalue weighted by Crippen LogP contribution is 2.18. The Bertz CT molecular complexity index is 832. The number of nitrogens with one attached hydrogen (secondary N) is 1. The number of carbonyl (C=O) groups is 2. The summed E-state index contributed by atoms with van der Waals surface area (Å²) in [5.41, 5.74) is 1.09. The summed E-state index contributed by atoms with van der Waals surface area (Å²) in [6, 6.07) is 6.29. The standard InChI is InChI=1S/C19H21FN4O3S/c1-2-7-21-19-22-16(13-28-19)18(26)27-12-17(25)24-10-8-23(9-11-24)15-5-3-14(20)4-6-15/h2-6,13H,1,7-12H2,(H,21,22). The van der Waals surface area contributed by atoms with E-state index >= 15 is 0 Å². The van der Waals surface area contributed by atoms with Gasteiger partial charge in [-0.05, 0) is 24.3 Å². The molecule has 1 saturated heterocycles. The van der Waals surface area contributed by atoms with Gasteiger partial charge in [-0.2, -0.15) is 0 Å². The third kappa shape index (κ3) is 5.07. The van der Waals surface area contributed by atoms with E-state index in [1.165, 1.54) is 23.5 Å². The SMILES string of the molecule is C=CCNc1nc(C(=O)OCC(=O)N2CCN(c3ccc(F)cc3)CC2)cs1. The van der Waals surface area contributed by atoms with Crippen molar-refractivity contribution in [3.8, 4) is 0 Å². The lowest BCUT2D eigenvalue weighted by Gasteiger charge is -2.36. The lowest BCUT2D eigenvalue weighted by Crippen LogP contribution is -2.49. The fraction of sp³-hybridized carbons (Fsp3) is 0.316. The van der Waals surface area contributed by atoms with Gasteiger partial charge in [0.25, 0.3) is 5.91 Å². The Labute approximate surface area is 166 Å². The predicted octanol–water partition coefficient (Wildman–Crippen LogP) is 2.39. The van der Waals surface area contributed by atoms with Gasteiger partial charge in [-0.15, -0.1) is 17.9 Å². The number of piperazine rings is 1. The van der Waals surface area contributed by atoms with Crippen LogP contribution in [0.15, 0.2) is 42.3 Å². The Morgan fingerprint density at radius 1 is 1.25 bits per heavy atom. The van der Waals surface area contributed by atoms with Gasteiger partial charge < -0.3 is 19.9 Å². The Kier molecular flexibility index (Phi) is 6.59. The quantitative estimate of drug-likeness (QED) is 0.564. The smallest absolute Gasteiger partial charge is 0.358 e. The van der Waals surface area contributed by atoms with Gasteiger partial charge in [-0.3, -0.25) is 4.79 Å². The molecule has 1 aromatic heterocycles. The first kappa shape index (κ1) is 19.8. The molecule has 0 aliphatic carbocycles. The Balaban J connectivity index is 1.44. The van der Waals surface area contributed by atoms with Crippen LogP contribution in [0.25, 0.3) is 0 Å². The minimum absolute atomic E-state index is 0.172. The summed E-state index contributed by atoms with van der Waals surface area (Å²) < 4.78 is 18.1. The maximum Gasteiger partial charge on any atom is 0.358 e. The molecule has 7 nitrogen and oxygen atoms in total. The molecule has 1 aliphatic rings. The van der Waals surface area contributed by atoms with Crippen molar-refractivity contribution in [1.29, 1.82) is 0 Å². The number of hydrogen-bond donors (Lipinski definition) is 1. The zero-order valence-corrected chi connectivity index (χ0v) is 16.1. The van der Waals surface area contributed by atoms with E-state index in [4.69, 9.17) is 4.74 Å². The summed E-state index contributed by atoms with van der Waals surface area (Å²) in [4.78, 5) is 32.2. The van der Waals surface area contributed by atoms with E-state index in [0.29, 0.717) is 37.9 Å². The van der Waals surface area contributed by atoms with Crippen molar-refractivity contribution >= 4 is 34.0 Å². The Morgan fingerprint density at radius 3 is 2.64 bits per heavy atom. The lowest BCUT2D eigenvalue weighted by molar-refractivity contribution is -0.134. The zero-order chi connectivity index (χ0) is 19.9. The third-order valence-electron chi connectivity index (χ3n) is 4.26. The monoisotopic (exact) mass is 404 g/mol. The van der Waals surface area contributed by atoms with E-state index in [0.717, 1.165) is 5.69 Å². The average molecular weight is 404 g/mol. The predicted molar refractivity (Wildman–Crippen MR) is 106 cm³/mol. The minimum atomic E-state index is -0.624. The molecule has 1 aliphatic heterocycles. The Morgan fingerprint density at radius 2 is 1.96 bits per heavy atom. The number of hydrogen-bond acceptors (Lipinski definition) is 7. The van der Waals surface area contributed by atoms with Crippen LogP contribution in [0.4, 0.5) is 15.2 Å². The normalized spacial score (nSPS) is 13.9. The molecule has 3 rings (SSSR count). The van der Waals surface area contributed by atoms with Gasteiger partial charge in [-0.1, -0.05) is 6.08 Å². The van der Waals surface area contributed by atoms with Gasteiger partial charge in [0.15, 0.2) is 17.4 Å². The van der Waals surface area contributed by atoms with Crippen LogP contribution in [0.5, 0.6) is 0 Å². The summed E-state index contributed by atoms with van der Waals surface area (Å²) >= 11 is 1.28. The number of esters is 1. The highest BCUT2D eigenvalue weighted by atomic mass is 32.1. The molecule has 2 aromatic rings. The van der Waals surface area contributed by atoms with Crippen LogP contribution in [-0.2, 0) is 9.53 Å². The van der Waals surface area contributed by atoms with Crippen molar-refractivity contribution < 1.29 is 18.7 Å². The molecule has 1 aromatic carbocycles. The second-order valence-corrected chi connectivity index (χ2v) is 6.99. The molecule has 1 amide bonds. The number of amides is 1. The highest BCUT2D eigenvalue weighted by molar-refractivity contribution is 7.13. The highest BCUT2D eigenvalue weighted by Gasteiger charge is 2.23. The minimum Gasteiger partial charge on any atom is -0.451 e. The zero-order valence-electron chi connectivity index (χ0n) is 15.3. The van der Waals surface area contributed by atoms with Crippen LogP contribution < -0.4 is 10.2 Å². The van der Waals surface area contributed by atoms with E-state index in [1.807, 2.05) is 0 Å². The molecular formula is C19H21FN4O3S. The molecular weight excluding hydrogens is 383 g/mol. The summed E-state index contributed by atoms with van der Waals surface area (Å²) in [6.07, 6.45) is 1.69. The van der Waals surface area contributed by atoms with Crippen LogP contribution in [0, 0.1) is 5.82 Å². The number of rotatable bonds is 7. The van der Waals surface area contributed by atoms with Crippen molar-refractivity contribution in [1.82, 2.24) is 9.88 Å². The Hall–Kier alpha value is -2.94. The van der Waals surface area contributed by atoms with E-state index in [9.17, 15) is 14.0 Å². The van der Waals surface area contributed by atoms with Crippen molar-refractivity contribution in [2.24, 2.45) is 0 Å². The third-order valence-corrected chi connectivity index (χ3v) is 5.06. The second kappa shape index (κ2) is 9.32. The first-order valence-corrected chi connectivity index (χ1v) is 9.70. The van der Waals surface area contributed by atoms with Crippen LogP contribution in [-0.4, -0.2) is 61.1 Å². The van der Waals surface area contributed by atoms with Gasteiger partial charge >= 0.3 is 5.97 Å². The molecule has 28 heavy (non-hydrogen) atoms. The first-order valence-electron chi connectivity index (χ1n) is 8.82. The fourth-order valence-electron chi connectivity index (χ4n) is 2.77. The maximum absolute atomic E-state index is 13.0. The number of benzene rings is 1. The van der Waals surface area contributed by atoms with Crippen LogP contribution in [0.3, 0.4) is 0 Å². The molecule has 1 N–H and O–H groups in total. The molecule has 0 radical (unpaired) electrons. The van der Waals surface area contributed by atoms with Crippen LogP contribution >= 0.6 is 11.3 Å². The van der Waals surface area contributed by atoms with Crippen LogP contribution in [0.1, 0.15) is 10.5 Å². The van der Waals surface area contributed by atoms with Gasteiger partial charge in [0.2, 0.25) is 0 Å². The molecule has 9 heteroatoms. The topological polar surface area (TPSA) is 74.8 Å². The number of anilines is 2. The summed E-state index contributed by atoms with van der Waals surface area (Å²) in [5.74, 6) is -1.14. The summed E-state index contributed by atoms with van der Waals surface area (Å²) in [5, 5.41) is 5.16. The van der Waals surface area contributed by atoms with Crippen molar-refractivity contribution in [3.05, 3.63) is 53.8 Å². The molecule has 1 fully saturated rings. The van der Waals surface area contributed by atoms with Crippen molar-refractivity contribution in [3.63, 3.8) is 0 Å². The van der Waals surface area contributed by atoms with Crippen LogP contribution in [0.2, 0.25) is 0 Å². The summed E-state index contributed by atoms with van der Waals surface area (Å²) in [6.45, 7) is 6.12. The molecule has 0 bridgehead atoms. The molecule has 0 unspecified atom stereocenters. The number of aromatic nitrogens is 1. The number of nitrogens with zero attached hydrogens (tertiary/aromatic N) is 3. The number of ether oxygens (including phenoxy) is 1. The van der Waals surface area contributed by atoms with E-state index < -0.39 is 5.97 Å². The fourth-order valence-corrected chi connectivity index (χ4v) is 3.46. The van der Waals surface area contributed by atoms with Gasteiger partial charge in [-0.25, -0.2) is 14.2 Å². The number of carbonyl (C=O) groups excluding carboxylic acids is 2. The molecule has 0 atom stereocenters. The summed E-state index contributed by atoms with van der Waals surface area (Å²) in [7, 11) is 0. The molecule has 0 saturated carbocycles. The number of thiazole rings is 1. The number of halogens is 1. The van der Waals surface area contributed by atoms with Crippen molar-refractivity contribution in [2.75, 3.05) is 49.5 Å². The van der Waals surface area contributed by atoms with Gasteiger partial charge in [0.05, 0.1) is 0 Å². The van der Waals surface area contributed by atoms with E-state index in [-0.39, 0.29) is 24.0 Å². The maximum atomic E-state index is 13.0. The largest absolute Gasteiger partial charge is 0.451 e. The van der Waals surface area contributed by atoms with Crippen molar-refractivity contribution in [2.45, 2.75) is 0 Å². The molecule has 148 valence electrons. The van der Waals surface area contributed by atoms with E-state index in [1.54, 1.807) is 28.5 Å². The van der Waals surface area contributed by atoms with Gasteiger partial charge in [0, 0.05) is 43.8 Å². The molecule has 0 spiro atoms. The average Bonchev–Trinajstić information content (AvgIpc) is 3.20. The molecule has 2 heterocycles. The second-order valence-electron chi connectivity index (χ2n) is 6.13. The lowest BCUT2D eigenvalue weighted by atomic mass is 10.2. The van der Waals surface area contributed by atoms with Gasteiger partial charge in [0.1, 0.15) is 5.82 Å². The van der Waals surface area contributed by atoms with E-state index in [2.05, 4.69) is 21.8 Å². The first-order chi connectivity index (χ1) is 13.6.